The second kappa shape index (κ2) is 8.10. The lowest BCUT2D eigenvalue weighted by Crippen LogP contribution is -2.50. The fourth-order valence-corrected chi connectivity index (χ4v) is 4.70. The van der Waals surface area contributed by atoms with E-state index in [1.165, 1.54) is 13.0 Å². The summed E-state index contributed by atoms with van der Waals surface area (Å²) in [4.78, 5) is 3.44. The van der Waals surface area contributed by atoms with Gasteiger partial charge in [-0.2, -0.15) is 13.2 Å². The van der Waals surface area contributed by atoms with Crippen LogP contribution >= 0.6 is 0 Å². The zero-order valence-corrected chi connectivity index (χ0v) is 18.2. The predicted octanol–water partition coefficient (Wildman–Crippen LogP) is 5.02. The van der Waals surface area contributed by atoms with E-state index in [-0.39, 0.29) is 36.4 Å². The van der Waals surface area contributed by atoms with E-state index in [2.05, 4.69) is 15.2 Å². The lowest BCUT2D eigenvalue weighted by Gasteiger charge is -2.47. The summed E-state index contributed by atoms with van der Waals surface area (Å²) >= 11 is 0. The van der Waals surface area contributed by atoms with E-state index in [0.717, 1.165) is 36.2 Å². The van der Waals surface area contributed by atoms with Gasteiger partial charge in [-0.15, -0.1) is 10.2 Å². The molecule has 7 nitrogen and oxygen atoms in total. The second-order valence-electron chi connectivity index (χ2n) is 9.06. The summed E-state index contributed by atoms with van der Waals surface area (Å²) in [7, 11) is 0. The molecular weight excluding hydrogens is 456 g/mol. The quantitative estimate of drug-likeness (QED) is 0.304. The number of hydrogen-bond donors (Lipinski definition) is 1. The van der Waals surface area contributed by atoms with Crippen LogP contribution in [0.5, 0.6) is 0 Å². The standard InChI is InChI=1S/C23H22F4N4O3/c1-12(24)21-29-30-22(34-21)14-4-5-16-10-31(33,11-17(16)8-14)19(13-2-3-13)20(32)15-6-7-18(28-9-15)23(25,26)27/h4-9,12-13,19-20,32H,2-3,10-11H2,1H3/t12?,19-,20+,31?/m1/s1. The first-order valence-electron chi connectivity index (χ1n) is 10.9. The van der Waals surface area contributed by atoms with Gasteiger partial charge in [-0.05, 0) is 38.0 Å². The molecule has 34 heavy (non-hydrogen) atoms. The van der Waals surface area contributed by atoms with Crippen molar-refractivity contribution in [2.75, 3.05) is 0 Å². The van der Waals surface area contributed by atoms with E-state index >= 15 is 0 Å². The summed E-state index contributed by atoms with van der Waals surface area (Å²) in [5, 5.41) is 32.6. The van der Waals surface area contributed by atoms with E-state index in [1.54, 1.807) is 18.2 Å². The van der Waals surface area contributed by atoms with Crippen LogP contribution in [0.25, 0.3) is 11.5 Å². The first-order valence-corrected chi connectivity index (χ1v) is 10.9. The summed E-state index contributed by atoms with van der Waals surface area (Å²) in [6.45, 7) is 1.49. The number of nitrogens with zero attached hydrogens (tertiary/aromatic N) is 4. The molecule has 3 aromatic rings. The van der Waals surface area contributed by atoms with Gasteiger partial charge in [0, 0.05) is 34.4 Å². The van der Waals surface area contributed by atoms with Gasteiger partial charge >= 0.3 is 6.18 Å². The molecule has 2 unspecified atom stereocenters. The molecule has 1 aliphatic carbocycles. The zero-order chi connectivity index (χ0) is 24.3. The van der Waals surface area contributed by atoms with Crippen molar-refractivity contribution in [3.05, 3.63) is 70.0 Å². The van der Waals surface area contributed by atoms with Gasteiger partial charge in [-0.25, -0.2) is 4.39 Å². The lowest BCUT2D eigenvalue weighted by atomic mass is 9.97. The normalized spacial score (nSPS) is 22.9. The van der Waals surface area contributed by atoms with Crippen molar-refractivity contribution in [2.45, 2.75) is 57.3 Å². The van der Waals surface area contributed by atoms with Crippen molar-refractivity contribution in [1.29, 1.82) is 0 Å². The molecule has 1 saturated carbocycles. The molecule has 0 bridgehead atoms. The lowest BCUT2D eigenvalue weighted by molar-refractivity contribution is -0.931. The SMILES string of the molecule is CC(F)c1nnc(-c2ccc3c(c2)C[N+]([O-])([C@H](C2CC2)[C@@H](O)c2ccc(C(F)(F)F)nc2)C3)o1. The van der Waals surface area contributed by atoms with Crippen molar-refractivity contribution in [2.24, 2.45) is 5.92 Å². The Morgan fingerprint density at radius 2 is 1.85 bits per heavy atom. The van der Waals surface area contributed by atoms with Crippen LogP contribution in [-0.2, 0) is 19.3 Å². The molecule has 0 amide bonds. The first-order chi connectivity index (χ1) is 16.0. The van der Waals surface area contributed by atoms with Gasteiger partial charge in [0.25, 0.3) is 5.89 Å². The number of pyridine rings is 1. The smallest absolute Gasteiger partial charge is 0.433 e. The van der Waals surface area contributed by atoms with Crippen LogP contribution < -0.4 is 0 Å². The number of rotatable bonds is 6. The molecule has 1 N–H and O–H groups in total. The minimum atomic E-state index is -4.58. The van der Waals surface area contributed by atoms with Gasteiger partial charge < -0.3 is 19.4 Å². The van der Waals surface area contributed by atoms with Crippen LogP contribution in [0.15, 0.2) is 40.9 Å². The number of aliphatic hydroxyl groups is 1. The van der Waals surface area contributed by atoms with Gasteiger partial charge in [0.2, 0.25) is 5.89 Å². The monoisotopic (exact) mass is 478 g/mol. The minimum Gasteiger partial charge on any atom is -0.632 e. The van der Waals surface area contributed by atoms with Crippen molar-refractivity contribution in [1.82, 2.24) is 15.2 Å². The molecule has 0 saturated heterocycles. The van der Waals surface area contributed by atoms with E-state index in [1.807, 2.05) is 0 Å². The molecule has 0 spiro atoms. The van der Waals surface area contributed by atoms with Gasteiger partial charge in [-0.1, -0.05) is 12.1 Å². The van der Waals surface area contributed by atoms with Crippen molar-refractivity contribution in [3.63, 3.8) is 0 Å². The summed E-state index contributed by atoms with van der Waals surface area (Å²) in [5.74, 6) is -0.0209. The van der Waals surface area contributed by atoms with Crippen LogP contribution in [0.3, 0.4) is 0 Å². The number of benzene rings is 1. The number of hydrogen-bond acceptors (Lipinski definition) is 6. The van der Waals surface area contributed by atoms with E-state index in [0.29, 0.717) is 5.56 Å². The minimum absolute atomic E-state index is 0.0342. The Morgan fingerprint density at radius 3 is 2.44 bits per heavy atom. The molecule has 1 aromatic carbocycles. The largest absolute Gasteiger partial charge is 0.632 e. The molecule has 2 aromatic heterocycles. The summed E-state index contributed by atoms with van der Waals surface area (Å²) in [5.41, 5.74) is 1.25. The van der Waals surface area contributed by atoms with Crippen LogP contribution in [0.4, 0.5) is 17.6 Å². The molecule has 3 heterocycles. The number of hydroxylamine groups is 3. The second-order valence-corrected chi connectivity index (χ2v) is 9.06. The van der Waals surface area contributed by atoms with Crippen molar-refractivity contribution in [3.8, 4) is 11.5 Å². The van der Waals surface area contributed by atoms with Gasteiger partial charge in [0.05, 0.1) is 0 Å². The summed E-state index contributed by atoms with van der Waals surface area (Å²) in [6.07, 6.45) is -4.70. The van der Waals surface area contributed by atoms with E-state index in [4.69, 9.17) is 4.42 Å². The van der Waals surface area contributed by atoms with Gasteiger partial charge in [0.1, 0.15) is 30.9 Å². The summed E-state index contributed by atoms with van der Waals surface area (Å²) in [6, 6.07) is 6.51. The first kappa shape index (κ1) is 22.9. The third-order valence-corrected chi connectivity index (χ3v) is 6.50. The van der Waals surface area contributed by atoms with Crippen LogP contribution in [0, 0.1) is 11.1 Å². The fraction of sp³-hybridized carbons (Fsp3) is 0.435. The Labute approximate surface area is 192 Å². The highest BCUT2D eigenvalue weighted by atomic mass is 19.4. The molecule has 0 radical (unpaired) electrons. The van der Waals surface area contributed by atoms with Crippen LogP contribution in [0.2, 0.25) is 0 Å². The maximum atomic E-state index is 14.0. The van der Waals surface area contributed by atoms with E-state index < -0.39 is 34.8 Å². The number of alkyl halides is 4. The molecule has 11 heteroatoms. The fourth-order valence-electron chi connectivity index (χ4n) is 4.70. The third-order valence-electron chi connectivity index (χ3n) is 6.50. The van der Waals surface area contributed by atoms with Crippen LogP contribution in [0.1, 0.15) is 60.3 Å². The molecular formula is C23H22F4N4O3. The molecule has 4 atom stereocenters. The Kier molecular flexibility index (Phi) is 5.45. The van der Waals surface area contributed by atoms with Crippen molar-refractivity contribution < 1.29 is 31.7 Å². The molecule has 5 rings (SSSR count). The highest BCUT2D eigenvalue weighted by molar-refractivity contribution is 5.56. The van der Waals surface area contributed by atoms with Gasteiger partial charge in [-0.3, -0.25) is 4.98 Å². The number of aliphatic hydroxyl groups excluding tert-OH is 1. The van der Waals surface area contributed by atoms with Gasteiger partial charge in [0.15, 0.2) is 6.17 Å². The molecule has 180 valence electrons. The predicted molar refractivity (Wildman–Crippen MR) is 111 cm³/mol. The number of quaternary nitrogens is 1. The Balaban J connectivity index is 1.40. The Morgan fingerprint density at radius 1 is 1.12 bits per heavy atom. The summed E-state index contributed by atoms with van der Waals surface area (Å²) < 4.78 is 56.6. The Bertz CT molecular complexity index is 1190. The number of fused-ring (bicyclic) bond motifs is 1. The molecule has 1 fully saturated rings. The zero-order valence-electron chi connectivity index (χ0n) is 18.2. The Hall–Kier alpha value is -2.89. The highest BCUT2D eigenvalue weighted by Gasteiger charge is 2.49. The molecule has 2 aliphatic rings. The van der Waals surface area contributed by atoms with Crippen LogP contribution in [-0.4, -0.2) is 31.0 Å². The average Bonchev–Trinajstić information content (AvgIpc) is 3.35. The van der Waals surface area contributed by atoms with Crippen molar-refractivity contribution >= 4 is 0 Å². The number of halogens is 4. The van der Waals surface area contributed by atoms with E-state index in [9.17, 15) is 27.9 Å². The maximum Gasteiger partial charge on any atom is 0.433 e. The topological polar surface area (TPSA) is 95.1 Å². The maximum absolute atomic E-state index is 14.0. The molecule has 1 aliphatic heterocycles. The average molecular weight is 478 g/mol. The highest BCUT2D eigenvalue weighted by Crippen LogP contribution is 2.48. The number of aromatic nitrogens is 3. The third kappa shape index (κ3) is 4.19.